The lowest BCUT2D eigenvalue weighted by atomic mass is 10.1. The van der Waals surface area contributed by atoms with Crippen LogP contribution in [0, 0.1) is 0 Å². The molecular weight excluding hydrogens is 419 g/mol. The number of nitrogens with zero attached hydrogens (tertiary/aromatic N) is 1. The molecule has 3 aromatic carbocycles. The van der Waals surface area contributed by atoms with Gasteiger partial charge in [-0.05, 0) is 29.7 Å². The Hall–Kier alpha value is -2.28. The number of hydrogen-bond donors (Lipinski definition) is 1. The number of halogens is 3. The van der Waals surface area contributed by atoms with E-state index >= 15 is 0 Å². The molecule has 2 nitrogen and oxygen atoms in total. The van der Waals surface area contributed by atoms with E-state index in [1.807, 2.05) is 0 Å². The van der Waals surface area contributed by atoms with E-state index < -0.39 is 11.7 Å². The number of alkyl halides is 3. The zero-order valence-electron chi connectivity index (χ0n) is 17.1. The van der Waals surface area contributed by atoms with Crippen LogP contribution in [-0.2, 0) is 23.9 Å². The van der Waals surface area contributed by atoms with Crippen LogP contribution in [0.1, 0.15) is 16.7 Å². The largest absolute Gasteiger partial charge is 0.417 e. The van der Waals surface area contributed by atoms with Crippen molar-refractivity contribution in [1.29, 1.82) is 0 Å². The van der Waals surface area contributed by atoms with E-state index in [9.17, 15) is 13.2 Å². The fourth-order valence-corrected chi connectivity index (χ4v) is 3.77. The number of benzene rings is 3. The van der Waals surface area contributed by atoms with E-state index in [4.69, 9.17) is 4.74 Å². The Morgan fingerprint density at radius 1 is 0.839 bits per heavy atom. The Labute approximate surface area is 187 Å². The van der Waals surface area contributed by atoms with E-state index in [1.54, 1.807) is 0 Å². The van der Waals surface area contributed by atoms with Gasteiger partial charge in [0.05, 0.1) is 18.3 Å². The lowest BCUT2D eigenvalue weighted by Gasteiger charge is -2.33. The van der Waals surface area contributed by atoms with E-state index in [-0.39, 0.29) is 4.90 Å². The normalized spacial score (nSPS) is 17.0. The third-order valence-electron chi connectivity index (χ3n) is 4.99. The van der Waals surface area contributed by atoms with E-state index in [0.29, 0.717) is 6.10 Å². The first-order valence-electron chi connectivity index (χ1n) is 10.2. The van der Waals surface area contributed by atoms with Gasteiger partial charge in [-0.2, -0.15) is 13.2 Å². The first kappa shape index (κ1) is 23.4. The van der Waals surface area contributed by atoms with Gasteiger partial charge < -0.3 is 4.74 Å². The summed E-state index contributed by atoms with van der Waals surface area (Å²) in [5.74, 6) is 0. The second kappa shape index (κ2) is 11.4. The van der Waals surface area contributed by atoms with Crippen molar-refractivity contribution < 1.29 is 17.9 Å². The Morgan fingerprint density at radius 3 is 2.00 bits per heavy atom. The van der Waals surface area contributed by atoms with E-state index in [1.165, 1.54) is 29.3 Å². The minimum atomic E-state index is -4.29. The van der Waals surface area contributed by atoms with Crippen molar-refractivity contribution in [3.63, 3.8) is 0 Å². The minimum absolute atomic E-state index is 0.0417. The van der Waals surface area contributed by atoms with Crippen LogP contribution in [0.5, 0.6) is 0 Å². The van der Waals surface area contributed by atoms with Gasteiger partial charge in [0, 0.05) is 24.5 Å². The Kier molecular flexibility index (Phi) is 8.58. The van der Waals surface area contributed by atoms with Crippen molar-refractivity contribution in [3.05, 3.63) is 102 Å². The van der Waals surface area contributed by atoms with Crippen molar-refractivity contribution >= 4 is 12.6 Å². The predicted octanol–water partition coefficient (Wildman–Crippen LogP) is 6.12. The molecule has 0 bridgehead atoms. The molecule has 6 heteroatoms. The molecule has 31 heavy (non-hydrogen) atoms. The average Bonchev–Trinajstić information content (AvgIpc) is 2.75. The molecule has 0 amide bonds. The van der Waals surface area contributed by atoms with Crippen LogP contribution in [0.3, 0.4) is 0 Å². The molecule has 0 aromatic heterocycles. The molecule has 1 saturated heterocycles. The van der Waals surface area contributed by atoms with Gasteiger partial charge in [-0.15, -0.1) is 12.6 Å². The van der Waals surface area contributed by atoms with Crippen molar-refractivity contribution in [3.8, 4) is 0 Å². The second-order valence-corrected chi connectivity index (χ2v) is 7.90. The second-order valence-electron chi connectivity index (χ2n) is 7.42. The van der Waals surface area contributed by atoms with Crippen LogP contribution in [0.25, 0.3) is 0 Å². The van der Waals surface area contributed by atoms with Crippen LogP contribution in [0.4, 0.5) is 13.2 Å². The monoisotopic (exact) mass is 445 g/mol. The summed E-state index contributed by atoms with van der Waals surface area (Å²) in [5.41, 5.74) is 2.05. The maximum atomic E-state index is 12.0. The summed E-state index contributed by atoms with van der Waals surface area (Å²) < 4.78 is 41.9. The van der Waals surface area contributed by atoms with Crippen molar-refractivity contribution in [2.45, 2.75) is 30.1 Å². The van der Waals surface area contributed by atoms with E-state index in [2.05, 4.69) is 78.2 Å². The molecule has 4 rings (SSSR count). The van der Waals surface area contributed by atoms with Crippen LogP contribution >= 0.6 is 12.6 Å². The molecule has 1 aliphatic heterocycles. The predicted molar refractivity (Wildman–Crippen MR) is 120 cm³/mol. The third-order valence-corrected chi connectivity index (χ3v) is 5.38. The smallest absolute Gasteiger partial charge is 0.375 e. The number of morpholine rings is 1. The summed E-state index contributed by atoms with van der Waals surface area (Å²) in [5, 5.41) is 0. The molecule has 1 unspecified atom stereocenters. The molecule has 0 radical (unpaired) electrons. The molecule has 0 spiro atoms. The summed E-state index contributed by atoms with van der Waals surface area (Å²) in [6, 6.07) is 26.5. The zero-order chi connectivity index (χ0) is 22.1. The number of hydrogen-bond acceptors (Lipinski definition) is 3. The Bertz CT molecular complexity index is 871. The van der Waals surface area contributed by atoms with Gasteiger partial charge in [0.2, 0.25) is 0 Å². The highest BCUT2D eigenvalue weighted by atomic mass is 32.1. The summed E-state index contributed by atoms with van der Waals surface area (Å²) in [7, 11) is 0. The van der Waals surface area contributed by atoms with Gasteiger partial charge in [0.25, 0.3) is 0 Å². The number of thiol groups is 1. The van der Waals surface area contributed by atoms with Gasteiger partial charge in [-0.25, -0.2) is 0 Å². The molecule has 0 N–H and O–H groups in total. The van der Waals surface area contributed by atoms with Gasteiger partial charge in [-0.1, -0.05) is 72.8 Å². The summed E-state index contributed by atoms with van der Waals surface area (Å²) in [4.78, 5) is 2.45. The maximum absolute atomic E-state index is 12.0. The van der Waals surface area contributed by atoms with E-state index in [0.717, 1.165) is 38.7 Å². The maximum Gasteiger partial charge on any atom is 0.417 e. The van der Waals surface area contributed by atoms with Crippen molar-refractivity contribution in [1.82, 2.24) is 4.90 Å². The first-order valence-corrected chi connectivity index (χ1v) is 10.6. The first-order chi connectivity index (χ1) is 14.9. The zero-order valence-corrected chi connectivity index (χ0v) is 18.0. The fraction of sp³-hybridized carbons (Fsp3) is 0.280. The van der Waals surface area contributed by atoms with Crippen LogP contribution in [0.2, 0.25) is 0 Å². The lowest BCUT2D eigenvalue weighted by molar-refractivity contribution is -0.139. The van der Waals surface area contributed by atoms with Gasteiger partial charge in [-0.3, -0.25) is 4.90 Å². The minimum Gasteiger partial charge on any atom is -0.375 e. The summed E-state index contributed by atoms with van der Waals surface area (Å²) >= 11 is 3.67. The molecular formula is C25H26F3NOS. The standard InChI is InChI=1S/C18H21NO.C7H5F3S/c1-3-7-16(8-4-1)13-18-15-19(11-12-20-18)14-17-9-5-2-6-10-17;8-7(9,10)5-3-1-2-4-6(5)11/h1-10,18H,11-15H2;1-4,11H. The van der Waals surface area contributed by atoms with Gasteiger partial charge in [0.15, 0.2) is 0 Å². The SMILES string of the molecule is FC(F)(F)c1ccccc1S.c1ccc(CC2CN(Cc3ccccc3)CCO2)cc1. The third kappa shape index (κ3) is 7.73. The average molecular weight is 446 g/mol. The quantitative estimate of drug-likeness (QED) is 0.486. The summed E-state index contributed by atoms with van der Waals surface area (Å²) in [6.45, 7) is 3.91. The molecule has 3 aromatic rings. The molecule has 164 valence electrons. The van der Waals surface area contributed by atoms with Crippen molar-refractivity contribution in [2.24, 2.45) is 0 Å². The fourth-order valence-electron chi connectivity index (χ4n) is 3.48. The Morgan fingerprint density at radius 2 is 1.42 bits per heavy atom. The number of ether oxygens (including phenoxy) is 1. The van der Waals surface area contributed by atoms with Crippen LogP contribution in [-0.4, -0.2) is 30.7 Å². The van der Waals surface area contributed by atoms with Gasteiger partial charge in [0.1, 0.15) is 0 Å². The lowest BCUT2D eigenvalue weighted by Crippen LogP contribution is -2.42. The van der Waals surface area contributed by atoms with Crippen LogP contribution < -0.4 is 0 Å². The molecule has 0 aliphatic carbocycles. The highest BCUT2D eigenvalue weighted by Gasteiger charge is 2.32. The highest BCUT2D eigenvalue weighted by Crippen LogP contribution is 2.33. The molecule has 0 saturated carbocycles. The van der Waals surface area contributed by atoms with Gasteiger partial charge >= 0.3 is 6.18 Å². The number of rotatable bonds is 4. The molecule has 1 fully saturated rings. The molecule has 1 atom stereocenters. The van der Waals surface area contributed by atoms with Crippen LogP contribution in [0.15, 0.2) is 89.8 Å². The highest BCUT2D eigenvalue weighted by molar-refractivity contribution is 7.80. The molecule has 1 aliphatic rings. The molecule has 1 heterocycles. The summed E-state index contributed by atoms with van der Waals surface area (Å²) in [6.07, 6.45) is -2.97. The topological polar surface area (TPSA) is 12.5 Å². The Balaban J connectivity index is 0.000000210. The van der Waals surface area contributed by atoms with Crippen molar-refractivity contribution in [2.75, 3.05) is 19.7 Å².